The maximum atomic E-state index is 12.9. The van der Waals surface area contributed by atoms with Crippen LogP contribution < -0.4 is 5.32 Å². The molecule has 0 aromatic heterocycles. The number of nitrogens with zero attached hydrogens (tertiary/aromatic N) is 1. The summed E-state index contributed by atoms with van der Waals surface area (Å²) in [6.45, 7) is 5.79. The lowest BCUT2D eigenvalue weighted by Gasteiger charge is -2.22. The Morgan fingerprint density at radius 3 is 2.27 bits per heavy atom. The van der Waals surface area contributed by atoms with Crippen LogP contribution in [0.1, 0.15) is 52.4 Å². The zero-order valence-electron chi connectivity index (χ0n) is 15.7. The first-order valence-corrected chi connectivity index (χ1v) is 11.0. The summed E-state index contributed by atoms with van der Waals surface area (Å²) >= 11 is 0. The molecule has 0 spiro atoms. The molecule has 0 saturated carbocycles. The number of carbonyl (C=O) groups excluding carboxylic acids is 1. The Morgan fingerprint density at radius 1 is 1.15 bits per heavy atom. The molecule has 6 nitrogen and oxygen atoms in total. The van der Waals surface area contributed by atoms with Gasteiger partial charge in [0.2, 0.25) is 10.0 Å². The van der Waals surface area contributed by atoms with Gasteiger partial charge in [0, 0.05) is 25.4 Å². The normalized spacial score (nSPS) is 17.6. The number of amides is 1. The smallest absolute Gasteiger partial charge is 0.253 e. The van der Waals surface area contributed by atoms with Crippen LogP contribution in [0.4, 0.5) is 5.69 Å². The van der Waals surface area contributed by atoms with Gasteiger partial charge in [0.1, 0.15) is 6.10 Å². The van der Waals surface area contributed by atoms with E-state index in [1.165, 1.54) is 0 Å². The second-order valence-corrected chi connectivity index (χ2v) is 8.56. The molecule has 1 heterocycles. The molecule has 1 aliphatic heterocycles. The molecule has 26 heavy (non-hydrogen) atoms. The first-order valence-electron chi connectivity index (χ1n) is 9.51. The van der Waals surface area contributed by atoms with Gasteiger partial charge in [0.25, 0.3) is 5.91 Å². The number of benzene rings is 1. The van der Waals surface area contributed by atoms with E-state index in [1.54, 1.807) is 28.6 Å². The van der Waals surface area contributed by atoms with Crippen LogP contribution in [0.2, 0.25) is 0 Å². The minimum absolute atomic E-state index is 0.175. The molecule has 1 fully saturated rings. The van der Waals surface area contributed by atoms with Gasteiger partial charge in [-0.3, -0.25) is 4.79 Å². The molecule has 1 N–H and O–H groups in total. The monoisotopic (exact) mass is 382 g/mol. The Labute approximate surface area is 157 Å². The van der Waals surface area contributed by atoms with E-state index < -0.39 is 16.1 Å². The quantitative estimate of drug-likeness (QED) is 0.673. The highest BCUT2D eigenvalue weighted by atomic mass is 32.2. The third kappa shape index (κ3) is 5.53. The van der Waals surface area contributed by atoms with E-state index in [0.29, 0.717) is 25.4 Å². The number of ether oxygens (including phenoxy) is 1. The zero-order valence-corrected chi connectivity index (χ0v) is 16.6. The van der Waals surface area contributed by atoms with Crippen molar-refractivity contribution in [3.63, 3.8) is 0 Å². The van der Waals surface area contributed by atoms with Crippen molar-refractivity contribution in [1.29, 1.82) is 0 Å². The largest absolute Gasteiger partial charge is 0.368 e. The van der Waals surface area contributed by atoms with Gasteiger partial charge < -0.3 is 10.1 Å². The lowest BCUT2D eigenvalue weighted by Crippen LogP contribution is -2.33. The Hall–Kier alpha value is -1.44. The van der Waals surface area contributed by atoms with Crippen molar-refractivity contribution in [3.8, 4) is 0 Å². The van der Waals surface area contributed by atoms with Gasteiger partial charge in [-0.15, -0.1) is 0 Å². The SMILES string of the molecule is CCCCN(CCCC)S(=O)(=O)c1ccc(NC(=O)C2CCCO2)cc1. The van der Waals surface area contributed by atoms with Crippen LogP contribution >= 0.6 is 0 Å². The highest BCUT2D eigenvalue weighted by molar-refractivity contribution is 7.89. The molecular weight excluding hydrogens is 352 g/mol. The first kappa shape index (κ1) is 20.9. The predicted octanol–water partition coefficient (Wildman–Crippen LogP) is 3.40. The number of hydrogen-bond acceptors (Lipinski definition) is 4. The number of nitrogens with one attached hydrogen (secondary N) is 1. The second-order valence-electron chi connectivity index (χ2n) is 6.63. The summed E-state index contributed by atoms with van der Waals surface area (Å²) in [5.41, 5.74) is 0.582. The Bertz CT molecular complexity index is 659. The molecule has 7 heteroatoms. The number of sulfonamides is 1. The topological polar surface area (TPSA) is 75.7 Å². The summed E-state index contributed by atoms with van der Waals surface area (Å²) in [6.07, 6.45) is 4.80. The van der Waals surface area contributed by atoms with Crippen molar-refractivity contribution in [3.05, 3.63) is 24.3 Å². The van der Waals surface area contributed by atoms with Crippen LogP contribution in [0.15, 0.2) is 29.2 Å². The average Bonchev–Trinajstić information content (AvgIpc) is 3.17. The predicted molar refractivity (Wildman–Crippen MR) is 103 cm³/mol. The molecule has 1 aromatic carbocycles. The van der Waals surface area contributed by atoms with E-state index in [-0.39, 0.29) is 10.8 Å². The Kier molecular flexibility index (Phi) is 8.06. The lowest BCUT2D eigenvalue weighted by molar-refractivity contribution is -0.124. The van der Waals surface area contributed by atoms with E-state index >= 15 is 0 Å². The number of anilines is 1. The molecule has 0 radical (unpaired) electrons. The average molecular weight is 383 g/mol. The number of carbonyl (C=O) groups is 1. The number of unbranched alkanes of at least 4 members (excludes halogenated alkanes) is 2. The van der Waals surface area contributed by atoms with Crippen molar-refractivity contribution < 1.29 is 17.9 Å². The number of hydrogen-bond donors (Lipinski definition) is 1. The van der Waals surface area contributed by atoms with Crippen LogP contribution in [-0.4, -0.2) is 44.4 Å². The van der Waals surface area contributed by atoms with E-state index in [1.807, 2.05) is 0 Å². The van der Waals surface area contributed by atoms with Crippen molar-refractivity contribution in [2.24, 2.45) is 0 Å². The highest BCUT2D eigenvalue weighted by Crippen LogP contribution is 2.21. The lowest BCUT2D eigenvalue weighted by atomic mass is 10.2. The fourth-order valence-electron chi connectivity index (χ4n) is 2.89. The molecule has 1 aliphatic rings. The van der Waals surface area contributed by atoms with Crippen LogP contribution in [0.5, 0.6) is 0 Å². The molecule has 0 aliphatic carbocycles. The summed E-state index contributed by atoms with van der Waals surface area (Å²) < 4.78 is 32.7. The molecule has 1 aromatic rings. The zero-order chi connectivity index (χ0) is 19.0. The summed E-state index contributed by atoms with van der Waals surface area (Å²) in [5, 5.41) is 2.79. The van der Waals surface area contributed by atoms with Gasteiger partial charge in [0.05, 0.1) is 4.90 Å². The molecule has 2 rings (SSSR count). The Morgan fingerprint density at radius 2 is 1.77 bits per heavy atom. The minimum atomic E-state index is -3.51. The molecular formula is C19H30N2O4S. The molecule has 146 valence electrons. The summed E-state index contributed by atoms with van der Waals surface area (Å²) in [4.78, 5) is 12.3. The fraction of sp³-hybridized carbons (Fsp3) is 0.632. The molecule has 0 bridgehead atoms. The molecule has 1 saturated heterocycles. The fourth-order valence-corrected chi connectivity index (χ4v) is 4.40. The third-order valence-corrected chi connectivity index (χ3v) is 6.42. The van der Waals surface area contributed by atoms with Crippen LogP contribution in [0.3, 0.4) is 0 Å². The van der Waals surface area contributed by atoms with Crippen LogP contribution in [-0.2, 0) is 19.6 Å². The van der Waals surface area contributed by atoms with Gasteiger partial charge in [-0.2, -0.15) is 4.31 Å². The highest BCUT2D eigenvalue weighted by Gasteiger charge is 2.25. The van der Waals surface area contributed by atoms with E-state index in [9.17, 15) is 13.2 Å². The molecule has 1 unspecified atom stereocenters. The standard InChI is InChI=1S/C19H30N2O4S/c1-3-5-13-21(14-6-4-2)26(23,24)17-11-9-16(10-12-17)20-19(22)18-8-7-15-25-18/h9-12,18H,3-8,13-15H2,1-2H3,(H,20,22). The molecule has 1 amide bonds. The minimum Gasteiger partial charge on any atom is -0.368 e. The van der Waals surface area contributed by atoms with Gasteiger partial charge in [-0.1, -0.05) is 26.7 Å². The van der Waals surface area contributed by atoms with Gasteiger partial charge in [-0.25, -0.2) is 8.42 Å². The maximum Gasteiger partial charge on any atom is 0.253 e. The van der Waals surface area contributed by atoms with E-state index in [0.717, 1.165) is 38.5 Å². The van der Waals surface area contributed by atoms with Crippen molar-refractivity contribution in [2.75, 3.05) is 25.0 Å². The van der Waals surface area contributed by atoms with E-state index in [4.69, 9.17) is 4.74 Å². The van der Waals surface area contributed by atoms with Gasteiger partial charge >= 0.3 is 0 Å². The van der Waals surface area contributed by atoms with Gasteiger partial charge in [0.15, 0.2) is 0 Å². The van der Waals surface area contributed by atoms with Crippen molar-refractivity contribution in [1.82, 2.24) is 4.31 Å². The maximum absolute atomic E-state index is 12.9. The summed E-state index contributed by atoms with van der Waals surface area (Å²) in [7, 11) is -3.51. The van der Waals surface area contributed by atoms with Crippen molar-refractivity contribution in [2.45, 2.75) is 63.4 Å². The summed E-state index contributed by atoms with van der Waals surface area (Å²) in [5.74, 6) is -0.175. The third-order valence-electron chi connectivity index (χ3n) is 4.50. The summed E-state index contributed by atoms with van der Waals surface area (Å²) in [6, 6.07) is 6.39. The number of rotatable bonds is 10. The van der Waals surface area contributed by atoms with E-state index in [2.05, 4.69) is 19.2 Å². The van der Waals surface area contributed by atoms with Crippen molar-refractivity contribution >= 4 is 21.6 Å². The first-order chi connectivity index (χ1) is 12.5. The van der Waals surface area contributed by atoms with Gasteiger partial charge in [-0.05, 0) is 49.9 Å². The molecule has 1 atom stereocenters. The second kappa shape index (κ2) is 10.0. The van der Waals surface area contributed by atoms with Crippen LogP contribution in [0, 0.1) is 0 Å². The van der Waals surface area contributed by atoms with Crippen LogP contribution in [0.25, 0.3) is 0 Å². The Balaban J connectivity index is 2.07.